The van der Waals surface area contributed by atoms with Crippen LogP contribution in [0.3, 0.4) is 0 Å². The Kier molecular flexibility index (Phi) is 1.19. The molecule has 0 radical (unpaired) electrons. The fraction of sp³-hybridized carbons (Fsp3) is 0.714. The first-order chi connectivity index (χ1) is 5.26. The summed E-state index contributed by atoms with van der Waals surface area (Å²) in [4.78, 5) is 22.5. The van der Waals surface area contributed by atoms with Gasteiger partial charge in [-0.1, -0.05) is 0 Å². The Hall–Kier alpha value is -1.06. The molecule has 0 aromatic heterocycles. The van der Waals surface area contributed by atoms with Gasteiger partial charge in [0.15, 0.2) is 0 Å². The van der Waals surface area contributed by atoms with Gasteiger partial charge in [0.1, 0.15) is 5.41 Å². The lowest BCUT2D eigenvalue weighted by atomic mass is 9.85. The molecule has 2 saturated heterocycles. The van der Waals surface area contributed by atoms with E-state index in [0.717, 1.165) is 0 Å². The van der Waals surface area contributed by atoms with Crippen LogP contribution in [0.1, 0.15) is 12.8 Å². The van der Waals surface area contributed by atoms with E-state index in [1.54, 1.807) is 0 Å². The Bertz CT molecular complexity index is 200. The van der Waals surface area contributed by atoms with Crippen LogP contribution in [0.15, 0.2) is 0 Å². The molecule has 2 aliphatic rings. The van der Waals surface area contributed by atoms with Gasteiger partial charge in [0.25, 0.3) is 0 Å². The Labute approximate surface area is 64.3 Å². The first-order valence-corrected chi connectivity index (χ1v) is 3.82. The molecule has 0 aromatic rings. The smallest absolute Gasteiger partial charge is 0.235 e. The number of hydrogen-bond donors (Lipinski definition) is 2. The molecule has 0 aromatic carbocycles. The van der Waals surface area contributed by atoms with Crippen molar-refractivity contribution in [3.63, 3.8) is 0 Å². The van der Waals surface area contributed by atoms with Crippen molar-refractivity contribution in [3.05, 3.63) is 0 Å². The fourth-order valence-electron chi connectivity index (χ4n) is 1.80. The van der Waals surface area contributed by atoms with Gasteiger partial charge in [-0.2, -0.15) is 0 Å². The zero-order valence-electron chi connectivity index (χ0n) is 6.14. The van der Waals surface area contributed by atoms with E-state index in [1.807, 2.05) is 0 Å². The molecular formula is C7H10N2O2. The quantitative estimate of drug-likeness (QED) is 0.440. The van der Waals surface area contributed by atoms with E-state index in [2.05, 4.69) is 10.6 Å². The number of rotatable bonds is 0. The molecule has 2 heterocycles. The summed E-state index contributed by atoms with van der Waals surface area (Å²) >= 11 is 0. The molecule has 4 nitrogen and oxygen atoms in total. The molecule has 2 rings (SSSR count). The van der Waals surface area contributed by atoms with E-state index in [0.29, 0.717) is 25.9 Å². The normalized spacial score (nSPS) is 27.3. The standard InChI is InChI=1S/C7H10N2O2/c10-5-7(1-3-8-5)2-4-9-6(7)11/h1-4H2,(H,8,10)(H,9,11). The van der Waals surface area contributed by atoms with Gasteiger partial charge in [-0.15, -0.1) is 0 Å². The molecule has 0 saturated carbocycles. The van der Waals surface area contributed by atoms with Crippen LogP contribution in [0.2, 0.25) is 0 Å². The van der Waals surface area contributed by atoms with Crippen molar-refractivity contribution in [1.29, 1.82) is 0 Å². The average Bonchev–Trinajstić information content (AvgIpc) is 2.48. The van der Waals surface area contributed by atoms with Crippen molar-refractivity contribution in [2.24, 2.45) is 5.41 Å². The first kappa shape index (κ1) is 6.64. The second kappa shape index (κ2) is 1.96. The third-order valence-electron chi connectivity index (χ3n) is 2.54. The maximum absolute atomic E-state index is 11.2. The molecule has 2 amide bonds. The SMILES string of the molecule is O=C1NCCC12CCNC2=O. The number of carbonyl (C=O) groups is 2. The molecule has 4 heteroatoms. The van der Waals surface area contributed by atoms with Crippen LogP contribution >= 0.6 is 0 Å². The molecule has 0 atom stereocenters. The van der Waals surface area contributed by atoms with Crippen LogP contribution in [0.5, 0.6) is 0 Å². The highest BCUT2D eigenvalue weighted by Gasteiger charge is 2.51. The molecule has 60 valence electrons. The van der Waals surface area contributed by atoms with Crippen LogP contribution in [-0.2, 0) is 9.59 Å². The van der Waals surface area contributed by atoms with Gasteiger partial charge in [0.05, 0.1) is 0 Å². The second-order valence-electron chi connectivity index (χ2n) is 3.09. The van der Waals surface area contributed by atoms with Crippen LogP contribution in [0.4, 0.5) is 0 Å². The highest BCUT2D eigenvalue weighted by Crippen LogP contribution is 2.33. The minimum Gasteiger partial charge on any atom is -0.355 e. The maximum Gasteiger partial charge on any atom is 0.235 e. The zero-order chi connectivity index (χ0) is 7.90. The summed E-state index contributed by atoms with van der Waals surface area (Å²) in [6, 6.07) is 0. The summed E-state index contributed by atoms with van der Waals surface area (Å²) < 4.78 is 0. The summed E-state index contributed by atoms with van der Waals surface area (Å²) in [6.07, 6.45) is 1.33. The summed E-state index contributed by atoms with van der Waals surface area (Å²) in [5.41, 5.74) is -0.694. The van der Waals surface area contributed by atoms with Crippen molar-refractivity contribution in [3.8, 4) is 0 Å². The molecule has 2 fully saturated rings. The van der Waals surface area contributed by atoms with E-state index in [-0.39, 0.29) is 11.8 Å². The largest absolute Gasteiger partial charge is 0.355 e. The number of carbonyl (C=O) groups excluding carboxylic acids is 2. The van der Waals surface area contributed by atoms with Crippen molar-refractivity contribution in [1.82, 2.24) is 10.6 Å². The van der Waals surface area contributed by atoms with E-state index in [1.165, 1.54) is 0 Å². The minimum atomic E-state index is -0.694. The van der Waals surface area contributed by atoms with Gasteiger partial charge in [-0.25, -0.2) is 0 Å². The van der Waals surface area contributed by atoms with Crippen LogP contribution in [0.25, 0.3) is 0 Å². The third-order valence-corrected chi connectivity index (χ3v) is 2.54. The molecule has 2 N–H and O–H groups in total. The third kappa shape index (κ3) is 0.692. The van der Waals surface area contributed by atoms with Crippen molar-refractivity contribution < 1.29 is 9.59 Å². The van der Waals surface area contributed by atoms with Crippen molar-refractivity contribution in [2.75, 3.05) is 13.1 Å². The van der Waals surface area contributed by atoms with E-state index >= 15 is 0 Å². The second-order valence-corrected chi connectivity index (χ2v) is 3.09. The molecule has 0 bridgehead atoms. The lowest BCUT2D eigenvalue weighted by Crippen LogP contribution is -2.38. The number of amides is 2. The van der Waals surface area contributed by atoms with Crippen molar-refractivity contribution in [2.45, 2.75) is 12.8 Å². The summed E-state index contributed by atoms with van der Waals surface area (Å²) in [5, 5.41) is 5.37. The number of nitrogens with one attached hydrogen (secondary N) is 2. The van der Waals surface area contributed by atoms with Crippen molar-refractivity contribution >= 4 is 11.8 Å². The van der Waals surface area contributed by atoms with E-state index in [4.69, 9.17) is 0 Å². The first-order valence-electron chi connectivity index (χ1n) is 3.82. The molecule has 11 heavy (non-hydrogen) atoms. The van der Waals surface area contributed by atoms with Crippen LogP contribution < -0.4 is 10.6 Å². The van der Waals surface area contributed by atoms with Gasteiger partial charge in [0, 0.05) is 13.1 Å². The topological polar surface area (TPSA) is 58.2 Å². The summed E-state index contributed by atoms with van der Waals surface area (Å²) in [5.74, 6) is -0.181. The average molecular weight is 154 g/mol. The van der Waals surface area contributed by atoms with Crippen LogP contribution in [0, 0.1) is 5.41 Å². The highest BCUT2D eigenvalue weighted by atomic mass is 16.2. The number of hydrogen-bond acceptors (Lipinski definition) is 2. The predicted molar refractivity (Wildman–Crippen MR) is 37.7 cm³/mol. The zero-order valence-corrected chi connectivity index (χ0v) is 6.14. The Morgan fingerprint density at radius 2 is 1.45 bits per heavy atom. The Balaban J connectivity index is 2.33. The molecule has 0 aliphatic carbocycles. The van der Waals surface area contributed by atoms with Gasteiger partial charge >= 0.3 is 0 Å². The molecule has 1 spiro atoms. The predicted octanol–water partition coefficient (Wildman–Crippen LogP) is -0.987. The summed E-state index contributed by atoms with van der Waals surface area (Å²) in [6.45, 7) is 1.29. The maximum atomic E-state index is 11.2. The van der Waals surface area contributed by atoms with Crippen LogP contribution in [-0.4, -0.2) is 24.9 Å². The lowest BCUT2D eigenvalue weighted by Gasteiger charge is -2.13. The summed E-state index contributed by atoms with van der Waals surface area (Å²) in [7, 11) is 0. The van der Waals surface area contributed by atoms with E-state index < -0.39 is 5.41 Å². The van der Waals surface area contributed by atoms with Gasteiger partial charge in [-0.05, 0) is 12.8 Å². The van der Waals surface area contributed by atoms with Gasteiger partial charge in [0.2, 0.25) is 11.8 Å². The minimum absolute atomic E-state index is 0.0903. The molecule has 0 unspecified atom stereocenters. The van der Waals surface area contributed by atoms with Gasteiger partial charge in [-0.3, -0.25) is 9.59 Å². The monoisotopic (exact) mass is 154 g/mol. The Morgan fingerprint density at radius 1 is 1.00 bits per heavy atom. The van der Waals surface area contributed by atoms with Gasteiger partial charge < -0.3 is 10.6 Å². The molecular weight excluding hydrogens is 144 g/mol. The fourth-order valence-corrected chi connectivity index (χ4v) is 1.80. The highest BCUT2D eigenvalue weighted by molar-refractivity contribution is 6.07. The van der Waals surface area contributed by atoms with E-state index in [9.17, 15) is 9.59 Å². The lowest BCUT2D eigenvalue weighted by molar-refractivity contribution is -0.137. The molecule has 2 aliphatic heterocycles. The Morgan fingerprint density at radius 3 is 1.73 bits per heavy atom.